The van der Waals surface area contributed by atoms with Crippen LogP contribution in [-0.2, 0) is 18.4 Å². The second kappa shape index (κ2) is 8.05. The van der Waals surface area contributed by atoms with Crippen molar-refractivity contribution in [3.63, 3.8) is 0 Å². The van der Waals surface area contributed by atoms with Gasteiger partial charge in [0.2, 0.25) is 5.91 Å². The van der Waals surface area contributed by atoms with E-state index in [9.17, 15) is 14.4 Å². The van der Waals surface area contributed by atoms with Crippen molar-refractivity contribution in [2.45, 2.75) is 6.54 Å². The van der Waals surface area contributed by atoms with Gasteiger partial charge in [-0.05, 0) is 18.2 Å². The summed E-state index contributed by atoms with van der Waals surface area (Å²) in [5, 5.41) is 2.76. The van der Waals surface area contributed by atoms with Crippen LogP contribution in [0, 0.1) is 0 Å². The maximum absolute atomic E-state index is 12.9. The number of nitrogens with one attached hydrogen (secondary N) is 1. The highest BCUT2D eigenvalue weighted by atomic mass is 16.5. The van der Waals surface area contributed by atoms with Gasteiger partial charge >= 0.3 is 5.69 Å². The van der Waals surface area contributed by atoms with Gasteiger partial charge in [-0.1, -0.05) is 0 Å². The van der Waals surface area contributed by atoms with E-state index in [1.54, 1.807) is 18.2 Å². The molecular formula is C19H20N4O6. The summed E-state index contributed by atoms with van der Waals surface area (Å²) >= 11 is 0. The fourth-order valence-electron chi connectivity index (χ4n) is 2.93. The number of aryl methyl sites for hydroxylation is 1. The fraction of sp³-hybridized carbons (Fsp3) is 0.263. The monoisotopic (exact) mass is 400 g/mol. The van der Waals surface area contributed by atoms with E-state index in [1.807, 2.05) is 0 Å². The minimum Gasteiger partial charge on any atom is -0.497 e. The summed E-state index contributed by atoms with van der Waals surface area (Å²) in [4.78, 5) is 42.1. The molecule has 0 saturated carbocycles. The third-order valence-electron chi connectivity index (χ3n) is 4.39. The lowest BCUT2D eigenvalue weighted by Crippen LogP contribution is -2.42. The molecule has 0 aliphatic heterocycles. The molecule has 1 N–H and O–H groups in total. The van der Waals surface area contributed by atoms with Gasteiger partial charge < -0.3 is 19.5 Å². The van der Waals surface area contributed by atoms with Crippen molar-refractivity contribution in [3.8, 4) is 17.2 Å². The highest BCUT2D eigenvalue weighted by Gasteiger charge is 2.18. The topological polar surface area (TPSA) is 114 Å². The molecule has 0 fully saturated rings. The van der Waals surface area contributed by atoms with Gasteiger partial charge in [-0.2, -0.15) is 0 Å². The number of amides is 1. The average molecular weight is 400 g/mol. The first kappa shape index (κ1) is 19.9. The lowest BCUT2D eigenvalue weighted by atomic mass is 10.2. The highest BCUT2D eigenvalue weighted by molar-refractivity contribution is 5.92. The van der Waals surface area contributed by atoms with Crippen LogP contribution in [0.3, 0.4) is 0 Å². The lowest BCUT2D eigenvalue weighted by Gasteiger charge is -2.14. The van der Waals surface area contributed by atoms with Crippen molar-refractivity contribution in [2.75, 3.05) is 26.6 Å². The van der Waals surface area contributed by atoms with Crippen molar-refractivity contribution in [2.24, 2.45) is 7.05 Å². The molecule has 0 aliphatic rings. The molecule has 152 valence electrons. The minimum absolute atomic E-state index is 0.118. The Balaban J connectivity index is 2.00. The van der Waals surface area contributed by atoms with Crippen molar-refractivity contribution in [1.29, 1.82) is 0 Å². The fourth-order valence-corrected chi connectivity index (χ4v) is 2.93. The summed E-state index contributed by atoms with van der Waals surface area (Å²) in [7, 11) is 5.84. The van der Waals surface area contributed by atoms with Gasteiger partial charge in [0, 0.05) is 19.3 Å². The number of nitrogens with zero attached hydrogens (tertiary/aromatic N) is 3. The predicted molar refractivity (Wildman–Crippen MR) is 106 cm³/mol. The van der Waals surface area contributed by atoms with E-state index in [0.717, 1.165) is 4.57 Å². The molecule has 2 aromatic heterocycles. The van der Waals surface area contributed by atoms with Gasteiger partial charge in [-0.25, -0.2) is 14.3 Å². The molecule has 0 saturated heterocycles. The standard InChI is InChI=1S/C19H20N4O6/c1-22-17-16(13(28-3)7-8-20-17)18(25)23(19(22)26)10-15(24)21-12-6-5-11(27-2)9-14(12)29-4/h5-9H,10H2,1-4H3,(H,21,24). The molecule has 0 atom stereocenters. The Morgan fingerprint density at radius 2 is 1.79 bits per heavy atom. The number of aromatic nitrogens is 3. The lowest BCUT2D eigenvalue weighted by molar-refractivity contribution is -0.116. The number of anilines is 1. The number of pyridine rings is 1. The van der Waals surface area contributed by atoms with E-state index in [-0.39, 0.29) is 16.8 Å². The SMILES string of the molecule is COc1ccc(NC(=O)Cn2c(=O)c3c(OC)ccnc3n(C)c2=O)c(OC)c1. The van der Waals surface area contributed by atoms with Crippen LogP contribution in [0.2, 0.25) is 0 Å². The Labute approximate surface area is 165 Å². The van der Waals surface area contributed by atoms with E-state index in [0.29, 0.717) is 17.2 Å². The number of ether oxygens (including phenoxy) is 3. The van der Waals surface area contributed by atoms with Crippen molar-refractivity contribution in [3.05, 3.63) is 51.3 Å². The first-order valence-corrected chi connectivity index (χ1v) is 8.55. The first-order chi connectivity index (χ1) is 13.9. The maximum Gasteiger partial charge on any atom is 0.332 e. The van der Waals surface area contributed by atoms with E-state index in [1.165, 1.54) is 45.2 Å². The van der Waals surface area contributed by atoms with Crippen LogP contribution >= 0.6 is 0 Å². The molecule has 1 aromatic carbocycles. The van der Waals surface area contributed by atoms with Crippen LogP contribution in [0.5, 0.6) is 17.2 Å². The summed E-state index contributed by atoms with van der Waals surface area (Å²) in [6, 6.07) is 6.37. The zero-order valence-corrected chi connectivity index (χ0v) is 16.4. The number of hydrogen-bond acceptors (Lipinski definition) is 7. The van der Waals surface area contributed by atoms with E-state index in [2.05, 4.69) is 10.3 Å². The summed E-state index contributed by atoms with van der Waals surface area (Å²) in [6.45, 7) is -0.491. The molecule has 10 nitrogen and oxygen atoms in total. The molecule has 0 unspecified atom stereocenters. The molecule has 0 spiro atoms. The Morgan fingerprint density at radius 1 is 1.07 bits per heavy atom. The highest BCUT2D eigenvalue weighted by Crippen LogP contribution is 2.29. The normalized spacial score (nSPS) is 10.6. The summed E-state index contributed by atoms with van der Waals surface area (Å²) in [5.74, 6) is 0.623. The molecule has 2 heterocycles. The Kier molecular flexibility index (Phi) is 5.53. The maximum atomic E-state index is 12.9. The zero-order chi connectivity index (χ0) is 21.1. The van der Waals surface area contributed by atoms with Gasteiger partial charge in [-0.3, -0.25) is 14.2 Å². The van der Waals surface area contributed by atoms with Crippen LogP contribution in [0.1, 0.15) is 0 Å². The summed E-state index contributed by atoms with van der Waals surface area (Å²) < 4.78 is 17.6. The molecule has 3 rings (SSSR count). The second-order valence-electron chi connectivity index (χ2n) is 6.06. The van der Waals surface area contributed by atoms with Gasteiger partial charge in [0.1, 0.15) is 29.2 Å². The molecule has 0 aliphatic carbocycles. The average Bonchev–Trinajstić information content (AvgIpc) is 2.74. The van der Waals surface area contributed by atoms with E-state index < -0.39 is 23.7 Å². The number of benzene rings is 1. The Morgan fingerprint density at radius 3 is 2.45 bits per heavy atom. The van der Waals surface area contributed by atoms with E-state index >= 15 is 0 Å². The molecule has 0 radical (unpaired) electrons. The van der Waals surface area contributed by atoms with Crippen LogP contribution in [0.4, 0.5) is 5.69 Å². The number of methoxy groups -OCH3 is 3. The van der Waals surface area contributed by atoms with E-state index in [4.69, 9.17) is 14.2 Å². The molecule has 10 heteroatoms. The number of carbonyl (C=O) groups is 1. The molecule has 3 aromatic rings. The van der Waals surface area contributed by atoms with Gasteiger partial charge in [0.25, 0.3) is 5.56 Å². The number of hydrogen-bond donors (Lipinski definition) is 1. The smallest absolute Gasteiger partial charge is 0.332 e. The zero-order valence-electron chi connectivity index (χ0n) is 16.4. The Bertz CT molecular complexity index is 1200. The Hall–Kier alpha value is -3.82. The third-order valence-corrected chi connectivity index (χ3v) is 4.39. The van der Waals surface area contributed by atoms with Crippen molar-refractivity contribution in [1.82, 2.24) is 14.1 Å². The van der Waals surface area contributed by atoms with Crippen LogP contribution in [-0.4, -0.2) is 41.4 Å². The van der Waals surface area contributed by atoms with Gasteiger partial charge in [0.15, 0.2) is 5.65 Å². The molecule has 1 amide bonds. The number of rotatable bonds is 6. The molecular weight excluding hydrogens is 380 g/mol. The largest absolute Gasteiger partial charge is 0.497 e. The molecule has 0 bridgehead atoms. The second-order valence-corrected chi connectivity index (χ2v) is 6.06. The van der Waals surface area contributed by atoms with Crippen molar-refractivity contribution < 1.29 is 19.0 Å². The predicted octanol–water partition coefficient (Wildman–Crippen LogP) is 0.760. The number of fused-ring (bicyclic) bond motifs is 1. The third kappa shape index (κ3) is 3.64. The van der Waals surface area contributed by atoms with Crippen LogP contribution in [0.25, 0.3) is 11.0 Å². The van der Waals surface area contributed by atoms with Crippen LogP contribution < -0.4 is 30.8 Å². The summed E-state index contributed by atoms with van der Waals surface area (Å²) in [6.07, 6.45) is 1.44. The van der Waals surface area contributed by atoms with Gasteiger partial charge in [-0.15, -0.1) is 0 Å². The summed E-state index contributed by atoms with van der Waals surface area (Å²) in [5.41, 5.74) is -0.777. The van der Waals surface area contributed by atoms with Crippen molar-refractivity contribution >= 4 is 22.6 Å². The van der Waals surface area contributed by atoms with Crippen LogP contribution in [0.15, 0.2) is 40.1 Å². The quantitative estimate of drug-likeness (QED) is 0.650. The number of carbonyl (C=O) groups excluding carboxylic acids is 1. The first-order valence-electron chi connectivity index (χ1n) is 8.55. The minimum atomic E-state index is -0.667. The van der Waals surface area contributed by atoms with Gasteiger partial charge in [0.05, 0.1) is 27.0 Å². The molecule has 29 heavy (non-hydrogen) atoms.